The average Bonchev–Trinajstić information content (AvgIpc) is 3.00. The Hall–Kier alpha value is -3.61. The molecule has 1 aromatic heterocycles. The molecule has 1 amide bonds. The van der Waals surface area contributed by atoms with Crippen molar-refractivity contribution in [1.29, 1.82) is 0 Å². The molecule has 0 aliphatic carbocycles. The maximum atomic E-state index is 12.0. The number of benzene rings is 2. The van der Waals surface area contributed by atoms with Crippen molar-refractivity contribution in [2.45, 2.75) is 20.4 Å². The lowest BCUT2D eigenvalue weighted by Crippen LogP contribution is -2.25. The lowest BCUT2D eigenvalue weighted by atomic mass is 10.2. The molecular formula is C22H25N5O2. The lowest BCUT2D eigenvalue weighted by molar-refractivity contribution is -0.119. The van der Waals surface area contributed by atoms with Crippen LogP contribution in [-0.2, 0) is 11.3 Å². The molecule has 150 valence electrons. The molecule has 0 fully saturated rings. The standard InChI is InChI=1S/C22H25N5O2/c1-16-21(17(2)27(26-16)15-18-8-5-4-6-9-18)13-24-25-22(28)14-23-19-10-7-11-20(12-19)29-3/h4-13,23H,14-15H2,1-3H3,(H,25,28)/b24-13-. The van der Waals surface area contributed by atoms with Gasteiger partial charge in [0.1, 0.15) is 5.75 Å². The number of methoxy groups -OCH3 is 1. The third-order valence-electron chi connectivity index (χ3n) is 4.52. The van der Waals surface area contributed by atoms with E-state index in [1.54, 1.807) is 13.3 Å². The van der Waals surface area contributed by atoms with Crippen LogP contribution >= 0.6 is 0 Å². The Morgan fingerprint density at radius 2 is 1.97 bits per heavy atom. The Labute approximate surface area is 170 Å². The van der Waals surface area contributed by atoms with Gasteiger partial charge in [-0.05, 0) is 31.5 Å². The Morgan fingerprint density at radius 1 is 1.17 bits per heavy atom. The van der Waals surface area contributed by atoms with Crippen LogP contribution in [0.2, 0.25) is 0 Å². The predicted molar refractivity (Wildman–Crippen MR) is 114 cm³/mol. The second kappa shape index (κ2) is 9.54. The first-order valence-corrected chi connectivity index (χ1v) is 9.34. The van der Waals surface area contributed by atoms with Gasteiger partial charge in [0.05, 0.1) is 32.1 Å². The molecule has 2 N–H and O–H groups in total. The molecule has 2 aromatic carbocycles. The van der Waals surface area contributed by atoms with E-state index in [1.807, 2.05) is 61.0 Å². The summed E-state index contributed by atoms with van der Waals surface area (Å²) >= 11 is 0. The molecule has 0 saturated heterocycles. The van der Waals surface area contributed by atoms with Gasteiger partial charge in [-0.15, -0.1) is 0 Å². The topological polar surface area (TPSA) is 80.5 Å². The molecule has 1 heterocycles. The smallest absolute Gasteiger partial charge is 0.259 e. The molecule has 0 radical (unpaired) electrons. The van der Waals surface area contributed by atoms with Gasteiger partial charge in [0.25, 0.3) is 5.91 Å². The van der Waals surface area contributed by atoms with Crippen LogP contribution in [0.5, 0.6) is 5.75 Å². The highest BCUT2D eigenvalue weighted by Crippen LogP contribution is 2.16. The highest BCUT2D eigenvalue weighted by atomic mass is 16.5. The number of aromatic nitrogens is 2. The Morgan fingerprint density at radius 3 is 2.72 bits per heavy atom. The quantitative estimate of drug-likeness (QED) is 0.457. The summed E-state index contributed by atoms with van der Waals surface area (Å²) in [5.41, 5.74) is 7.30. The number of aryl methyl sites for hydroxylation is 1. The zero-order chi connectivity index (χ0) is 20.6. The van der Waals surface area contributed by atoms with Crippen LogP contribution < -0.4 is 15.5 Å². The van der Waals surface area contributed by atoms with Gasteiger partial charge in [-0.1, -0.05) is 36.4 Å². The van der Waals surface area contributed by atoms with Gasteiger partial charge in [-0.3, -0.25) is 9.48 Å². The van der Waals surface area contributed by atoms with Crippen molar-refractivity contribution < 1.29 is 9.53 Å². The first kappa shape index (κ1) is 20.1. The van der Waals surface area contributed by atoms with E-state index < -0.39 is 0 Å². The Bertz CT molecular complexity index is 996. The normalized spacial score (nSPS) is 10.9. The molecule has 0 spiro atoms. The molecule has 0 saturated carbocycles. The van der Waals surface area contributed by atoms with E-state index in [4.69, 9.17) is 4.74 Å². The van der Waals surface area contributed by atoms with Crippen molar-refractivity contribution in [2.75, 3.05) is 19.0 Å². The monoisotopic (exact) mass is 391 g/mol. The molecule has 0 aliphatic heterocycles. The van der Waals surface area contributed by atoms with Crippen LogP contribution in [0.3, 0.4) is 0 Å². The van der Waals surface area contributed by atoms with Crippen molar-refractivity contribution in [2.24, 2.45) is 5.10 Å². The van der Waals surface area contributed by atoms with E-state index in [2.05, 4.69) is 33.1 Å². The van der Waals surface area contributed by atoms with Crippen molar-refractivity contribution in [1.82, 2.24) is 15.2 Å². The lowest BCUT2D eigenvalue weighted by Gasteiger charge is -2.07. The summed E-state index contributed by atoms with van der Waals surface area (Å²) in [6.45, 7) is 4.73. The van der Waals surface area contributed by atoms with E-state index in [9.17, 15) is 4.79 Å². The maximum absolute atomic E-state index is 12.0. The van der Waals surface area contributed by atoms with E-state index in [0.717, 1.165) is 28.4 Å². The summed E-state index contributed by atoms with van der Waals surface area (Å²) in [6, 6.07) is 17.6. The number of carbonyl (C=O) groups is 1. The van der Waals surface area contributed by atoms with Crippen LogP contribution in [0.15, 0.2) is 59.7 Å². The molecule has 29 heavy (non-hydrogen) atoms. The highest BCUT2D eigenvalue weighted by molar-refractivity contribution is 5.85. The van der Waals surface area contributed by atoms with Crippen LogP contribution in [0.25, 0.3) is 0 Å². The zero-order valence-corrected chi connectivity index (χ0v) is 16.8. The van der Waals surface area contributed by atoms with Crippen molar-refractivity contribution in [3.8, 4) is 5.75 Å². The molecule has 3 aromatic rings. The van der Waals surface area contributed by atoms with Gasteiger partial charge in [-0.25, -0.2) is 5.43 Å². The number of rotatable bonds is 8. The van der Waals surface area contributed by atoms with Crippen LogP contribution in [0.1, 0.15) is 22.5 Å². The number of nitrogens with zero attached hydrogens (tertiary/aromatic N) is 3. The number of hydrazone groups is 1. The van der Waals surface area contributed by atoms with Gasteiger partial charge in [0, 0.05) is 23.0 Å². The predicted octanol–water partition coefficient (Wildman–Crippen LogP) is 3.12. The fourth-order valence-corrected chi connectivity index (χ4v) is 2.93. The maximum Gasteiger partial charge on any atom is 0.259 e. The van der Waals surface area contributed by atoms with E-state index >= 15 is 0 Å². The minimum absolute atomic E-state index is 0.107. The molecule has 7 nitrogen and oxygen atoms in total. The molecule has 0 atom stereocenters. The molecule has 0 aliphatic rings. The summed E-state index contributed by atoms with van der Waals surface area (Å²) in [5.74, 6) is 0.489. The molecule has 3 rings (SSSR count). The second-order valence-corrected chi connectivity index (χ2v) is 6.61. The summed E-state index contributed by atoms with van der Waals surface area (Å²) in [6.07, 6.45) is 1.64. The minimum atomic E-state index is -0.240. The Balaban J connectivity index is 1.56. The van der Waals surface area contributed by atoms with Crippen molar-refractivity contribution in [3.63, 3.8) is 0 Å². The van der Waals surface area contributed by atoms with E-state index in [1.165, 1.54) is 5.56 Å². The summed E-state index contributed by atoms with van der Waals surface area (Å²) in [7, 11) is 1.60. The third kappa shape index (κ3) is 5.44. The fraction of sp³-hybridized carbons (Fsp3) is 0.227. The number of nitrogens with one attached hydrogen (secondary N) is 2. The van der Waals surface area contributed by atoms with Crippen LogP contribution in [-0.4, -0.2) is 35.6 Å². The van der Waals surface area contributed by atoms with Crippen LogP contribution in [0, 0.1) is 13.8 Å². The largest absolute Gasteiger partial charge is 0.497 e. The number of hydrogen-bond acceptors (Lipinski definition) is 5. The number of amides is 1. The number of carbonyl (C=O) groups excluding carboxylic acids is 1. The van der Waals surface area contributed by atoms with Crippen molar-refractivity contribution >= 4 is 17.8 Å². The Kier molecular flexibility index (Phi) is 6.63. The fourth-order valence-electron chi connectivity index (χ4n) is 2.93. The molecule has 7 heteroatoms. The van der Waals surface area contributed by atoms with Crippen LogP contribution in [0.4, 0.5) is 5.69 Å². The van der Waals surface area contributed by atoms with Gasteiger partial charge in [0.15, 0.2) is 0 Å². The minimum Gasteiger partial charge on any atom is -0.497 e. The third-order valence-corrected chi connectivity index (χ3v) is 4.52. The zero-order valence-electron chi connectivity index (χ0n) is 16.8. The number of ether oxygens (including phenoxy) is 1. The number of hydrogen-bond donors (Lipinski definition) is 2. The van der Waals surface area contributed by atoms with E-state index in [-0.39, 0.29) is 12.5 Å². The van der Waals surface area contributed by atoms with Crippen molar-refractivity contribution in [3.05, 3.63) is 77.1 Å². The first-order valence-electron chi connectivity index (χ1n) is 9.34. The van der Waals surface area contributed by atoms with Gasteiger partial charge in [-0.2, -0.15) is 10.2 Å². The second-order valence-electron chi connectivity index (χ2n) is 6.61. The summed E-state index contributed by atoms with van der Waals surface area (Å²) in [5, 5.41) is 11.7. The van der Waals surface area contributed by atoms with Gasteiger partial charge in [0.2, 0.25) is 0 Å². The van der Waals surface area contributed by atoms with Gasteiger partial charge < -0.3 is 10.1 Å². The SMILES string of the molecule is COc1cccc(NCC(=O)N/N=C\c2c(C)nn(Cc3ccccc3)c2C)c1. The highest BCUT2D eigenvalue weighted by Gasteiger charge is 2.10. The van der Waals surface area contributed by atoms with Gasteiger partial charge >= 0.3 is 0 Å². The summed E-state index contributed by atoms with van der Waals surface area (Å²) in [4.78, 5) is 12.0. The first-order chi connectivity index (χ1) is 14.1. The van der Waals surface area contributed by atoms with E-state index in [0.29, 0.717) is 6.54 Å². The number of anilines is 1. The summed E-state index contributed by atoms with van der Waals surface area (Å²) < 4.78 is 7.11. The average molecular weight is 391 g/mol. The molecule has 0 bridgehead atoms. The molecular weight excluding hydrogens is 366 g/mol. The molecule has 0 unspecified atom stereocenters.